The van der Waals surface area contributed by atoms with Crippen LogP contribution in [0.15, 0.2) is 34.7 Å². The van der Waals surface area contributed by atoms with Gasteiger partial charge in [-0.3, -0.25) is 4.79 Å². The van der Waals surface area contributed by atoms with Crippen LogP contribution in [0.2, 0.25) is 5.02 Å². The normalized spacial score (nSPS) is 16.9. The molecule has 1 aromatic carbocycles. The maximum absolute atomic E-state index is 14.9. The summed E-state index contributed by atoms with van der Waals surface area (Å²) in [6, 6.07) is 1.38. The number of allylic oxidation sites excluding steroid dienone is 2. The Morgan fingerprint density at radius 2 is 1.81 bits per heavy atom. The van der Waals surface area contributed by atoms with E-state index in [4.69, 9.17) is 16.3 Å². The highest BCUT2D eigenvalue weighted by molar-refractivity contribution is 6.31. The molecule has 2 rings (SSSR count). The van der Waals surface area contributed by atoms with Gasteiger partial charge in [-0.15, -0.1) is 0 Å². The molecule has 0 saturated heterocycles. The molecular formula is C20H18ClF4NO5. The Labute approximate surface area is 179 Å². The molecule has 0 amide bonds. The van der Waals surface area contributed by atoms with Gasteiger partial charge in [0.25, 0.3) is 0 Å². The van der Waals surface area contributed by atoms with Crippen molar-refractivity contribution in [1.29, 1.82) is 0 Å². The lowest BCUT2D eigenvalue weighted by molar-refractivity contribution is -0.144. The van der Waals surface area contributed by atoms with E-state index in [9.17, 15) is 31.9 Å². The minimum atomic E-state index is -5.15. The SMILES string of the molecule is COC(=O)C1=C(C=O)NC(C)=C(C(=O)OC(C)C)C1c1c(F)ccc(Cl)c1C(F)(F)F. The van der Waals surface area contributed by atoms with Crippen LogP contribution in [0.4, 0.5) is 17.6 Å². The molecule has 1 heterocycles. The quantitative estimate of drug-likeness (QED) is 0.403. The van der Waals surface area contributed by atoms with E-state index in [-0.39, 0.29) is 12.0 Å². The van der Waals surface area contributed by atoms with E-state index in [0.717, 1.165) is 7.11 Å². The molecule has 0 bridgehead atoms. The lowest BCUT2D eigenvalue weighted by atomic mass is 9.78. The molecule has 1 unspecified atom stereocenters. The van der Waals surface area contributed by atoms with Crippen molar-refractivity contribution in [2.24, 2.45) is 0 Å². The zero-order chi connectivity index (χ0) is 23.7. The highest BCUT2D eigenvalue weighted by Crippen LogP contribution is 2.47. The van der Waals surface area contributed by atoms with Crippen LogP contribution in [-0.4, -0.2) is 31.4 Å². The Morgan fingerprint density at radius 3 is 2.29 bits per heavy atom. The molecule has 1 aromatic rings. The number of carbonyl (C=O) groups is 3. The average Bonchev–Trinajstić information content (AvgIpc) is 2.66. The number of ether oxygens (including phenoxy) is 2. The minimum Gasteiger partial charge on any atom is -0.466 e. The number of dihydropyridines is 1. The van der Waals surface area contributed by atoms with Crippen LogP contribution in [0.1, 0.15) is 37.8 Å². The van der Waals surface area contributed by atoms with E-state index in [0.29, 0.717) is 12.1 Å². The summed E-state index contributed by atoms with van der Waals surface area (Å²) in [4.78, 5) is 36.9. The Kier molecular flexibility index (Phi) is 7.15. The third-order valence-corrected chi connectivity index (χ3v) is 4.71. The first-order valence-electron chi connectivity index (χ1n) is 8.86. The zero-order valence-corrected chi connectivity index (χ0v) is 17.6. The van der Waals surface area contributed by atoms with Crippen LogP contribution in [0.3, 0.4) is 0 Å². The monoisotopic (exact) mass is 463 g/mol. The van der Waals surface area contributed by atoms with Crippen molar-refractivity contribution in [2.45, 2.75) is 39.0 Å². The number of nitrogens with one attached hydrogen (secondary N) is 1. The molecule has 1 aliphatic heterocycles. The van der Waals surface area contributed by atoms with Crippen LogP contribution >= 0.6 is 11.6 Å². The second-order valence-corrected chi connectivity index (χ2v) is 7.21. The third kappa shape index (κ3) is 4.73. The third-order valence-electron chi connectivity index (χ3n) is 4.39. The molecule has 1 aliphatic rings. The lowest BCUT2D eigenvalue weighted by Crippen LogP contribution is -2.35. The molecule has 0 radical (unpaired) electrons. The van der Waals surface area contributed by atoms with Gasteiger partial charge in [-0.25, -0.2) is 14.0 Å². The van der Waals surface area contributed by atoms with Crippen molar-refractivity contribution < 1.29 is 41.4 Å². The minimum absolute atomic E-state index is 0.0992. The van der Waals surface area contributed by atoms with Gasteiger partial charge in [-0.1, -0.05) is 11.6 Å². The highest BCUT2D eigenvalue weighted by atomic mass is 35.5. The number of alkyl halides is 3. The summed E-state index contributed by atoms with van der Waals surface area (Å²) in [6.45, 7) is 4.26. The van der Waals surface area contributed by atoms with E-state index in [1.54, 1.807) is 0 Å². The van der Waals surface area contributed by atoms with Crippen LogP contribution in [0.5, 0.6) is 0 Å². The van der Waals surface area contributed by atoms with Crippen molar-refractivity contribution in [2.75, 3.05) is 7.11 Å². The first-order chi connectivity index (χ1) is 14.3. The standard InChI is InChI=1S/C20H18ClF4NO5/c1-8(2)31-19(29)13-9(3)26-12(7-27)15(18(28)30-4)16(13)14-11(22)6-5-10(21)17(14)20(23,24)25/h5-8,16,26H,1-4H3. The average molecular weight is 464 g/mol. The zero-order valence-electron chi connectivity index (χ0n) is 16.8. The number of rotatable bonds is 5. The van der Waals surface area contributed by atoms with Gasteiger partial charge in [-0.05, 0) is 32.9 Å². The number of benzene rings is 1. The molecule has 1 atom stereocenters. The van der Waals surface area contributed by atoms with Crippen LogP contribution in [-0.2, 0) is 30.0 Å². The summed E-state index contributed by atoms with van der Waals surface area (Å²) in [5, 5.41) is 1.63. The summed E-state index contributed by atoms with van der Waals surface area (Å²) in [6.07, 6.45) is -5.68. The topological polar surface area (TPSA) is 81.7 Å². The number of carbonyl (C=O) groups excluding carboxylic acids is 3. The maximum atomic E-state index is 14.9. The van der Waals surface area contributed by atoms with Gasteiger partial charge in [0, 0.05) is 11.3 Å². The summed E-state index contributed by atoms with van der Waals surface area (Å²) >= 11 is 5.75. The van der Waals surface area contributed by atoms with Crippen LogP contribution in [0.25, 0.3) is 0 Å². The Hall–Kier alpha value is -2.88. The number of hydrogen-bond acceptors (Lipinski definition) is 6. The van der Waals surface area contributed by atoms with E-state index in [2.05, 4.69) is 10.1 Å². The molecule has 31 heavy (non-hydrogen) atoms. The highest BCUT2D eigenvalue weighted by Gasteiger charge is 2.46. The predicted octanol–water partition coefficient (Wildman–Crippen LogP) is 4.04. The fourth-order valence-electron chi connectivity index (χ4n) is 3.26. The van der Waals surface area contributed by atoms with Gasteiger partial charge >= 0.3 is 18.1 Å². The molecule has 6 nitrogen and oxygen atoms in total. The van der Waals surface area contributed by atoms with Gasteiger partial charge in [0.1, 0.15) is 5.82 Å². The molecular weight excluding hydrogens is 446 g/mol. The fraction of sp³-hybridized carbons (Fsp3) is 0.350. The maximum Gasteiger partial charge on any atom is 0.418 e. The number of aldehydes is 1. The Bertz CT molecular complexity index is 998. The summed E-state index contributed by atoms with van der Waals surface area (Å²) in [7, 11) is 0.922. The van der Waals surface area contributed by atoms with Crippen LogP contribution in [0, 0.1) is 5.82 Å². The van der Waals surface area contributed by atoms with E-state index in [1.807, 2.05) is 0 Å². The summed E-state index contributed by atoms with van der Waals surface area (Å²) in [5.41, 5.74) is -4.45. The van der Waals surface area contributed by atoms with Crippen LogP contribution < -0.4 is 5.32 Å². The van der Waals surface area contributed by atoms with E-state index >= 15 is 0 Å². The number of esters is 2. The number of halogens is 5. The van der Waals surface area contributed by atoms with Gasteiger partial charge in [0.05, 0.1) is 46.6 Å². The van der Waals surface area contributed by atoms with Gasteiger partial charge < -0.3 is 14.8 Å². The summed E-state index contributed by atoms with van der Waals surface area (Å²) < 4.78 is 66.2. The van der Waals surface area contributed by atoms with Crippen molar-refractivity contribution in [3.63, 3.8) is 0 Å². The Balaban J connectivity index is 3.00. The number of hydrogen-bond donors (Lipinski definition) is 1. The molecule has 0 aromatic heterocycles. The molecule has 0 aliphatic carbocycles. The van der Waals surface area contributed by atoms with Gasteiger partial charge in [0.2, 0.25) is 0 Å². The number of methoxy groups -OCH3 is 1. The van der Waals surface area contributed by atoms with Crippen molar-refractivity contribution in [3.05, 3.63) is 56.6 Å². The van der Waals surface area contributed by atoms with E-state index < -0.39 is 68.9 Å². The lowest BCUT2D eigenvalue weighted by Gasteiger charge is -2.31. The molecule has 168 valence electrons. The van der Waals surface area contributed by atoms with Crippen molar-refractivity contribution >= 4 is 29.8 Å². The van der Waals surface area contributed by atoms with E-state index in [1.165, 1.54) is 20.8 Å². The molecule has 11 heteroatoms. The van der Waals surface area contributed by atoms with Crippen molar-refractivity contribution in [3.8, 4) is 0 Å². The summed E-state index contributed by atoms with van der Waals surface area (Å²) in [5.74, 6) is -5.72. The first-order valence-corrected chi connectivity index (χ1v) is 9.24. The smallest absolute Gasteiger partial charge is 0.418 e. The predicted molar refractivity (Wildman–Crippen MR) is 101 cm³/mol. The Morgan fingerprint density at radius 1 is 1.19 bits per heavy atom. The second-order valence-electron chi connectivity index (χ2n) is 6.80. The largest absolute Gasteiger partial charge is 0.466 e. The van der Waals surface area contributed by atoms with Crippen molar-refractivity contribution in [1.82, 2.24) is 5.32 Å². The first kappa shape index (κ1) is 24.4. The van der Waals surface area contributed by atoms with Gasteiger partial charge in [-0.2, -0.15) is 13.2 Å². The molecule has 0 saturated carbocycles. The fourth-order valence-corrected chi connectivity index (χ4v) is 3.53. The molecule has 0 fully saturated rings. The second kappa shape index (κ2) is 9.09. The van der Waals surface area contributed by atoms with Gasteiger partial charge in [0.15, 0.2) is 6.29 Å². The molecule has 1 N–H and O–H groups in total. The molecule has 0 spiro atoms.